The summed E-state index contributed by atoms with van der Waals surface area (Å²) in [6.07, 6.45) is 5.89. The average Bonchev–Trinajstić information content (AvgIpc) is 2.20. The zero-order valence-corrected chi connectivity index (χ0v) is 7.33. The van der Waals surface area contributed by atoms with E-state index in [0.29, 0.717) is 5.82 Å². The normalized spacial score (nSPS) is 23.0. The third-order valence-corrected chi connectivity index (χ3v) is 2.26. The van der Waals surface area contributed by atoms with Gasteiger partial charge in [0.25, 0.3) is 0 Å². The number of rotatable bonds is 1. The van der Waals surface area contributed by atoms with Crippen LogP contribution >= 0.6 is 0 Å². The van der Waals surface area contributed by atoms with Gasteiger partial charge >= 0.3 is 0 Å². The number of hydrogen-bond donors (Lipinski definition) is 1. The standard InChI is InChI=1S/C9H12FN3/c10-7-5-12-9(13-6-7)8-3-1-2-4-11-8/h5-6,8,11H,1-4H2. The zero-order chi connectivity index (χ0) is 9.10. The Morgan fingerprint density at radius 2 is 2.08 bits per heavy atom. The van der Waals surface area contributed by atoms with Crippen molar-refractivity contribution in [2.75, 3.05) is 6.54 Å². The molecule has 1 aromatic heterocycles. The van der Waals surface area contributed by atoms with E-state index < -0.39 is 0 Å². The highest BCUT2D eigenvalue weighted by molar-refractivity contribution is 4.98. The molecule has 0 aliphatic carbocycles. The minimum absolute atomic E-state index is 0.217. The van der Waals surface area contributed by atoms with Crippen LogP contribution in [0.2, 0.25) is 0 Å². The molecule has 1 aliphatic rings. The molecular formula is C9H12FN3. The molecule has 2 rings (SSSR count). The van der Waals surface area contributed by atoms with Crippen LogP contribution in [-0.4, -0.2) is 16.5 Å². The number of aromatic nitrogens is 2. The van der Waals surface area contributed by atoms with E-state index in [4.69, 9.17) is 0 Å². The van der Waals surface area contributed by atoms with Gasteiger partial charge in [-0.25, -0.2) is 14.4 Å². The fourth-order valence-corrected chi connectivity index (χ4v) is 1.57. The Morgan fingerprint density at radius 1 is 1.31 bits per heavy atom. The Hall–Kier alpha value is -1.03. The molecule has 1 aliphatic heterocycles. The third-order valence-electron chi connectivity index (χ3n) is 2.26. The summed E-state index contributed by atoms with van der Waals surface area (Å²) in [5, 5.41) is 3.31. The number of nitrogens with one attached hydrogen (secondary N) is 1. The maximum Gasteiger partial charge on any atom is 0.159 e. The number of piperidine rings is 1. The van der Waals surface area contributed by atoms with Crippen LogP contribution in [0.15, 0.2) is 12.4 Å². The van der Waals surface area contributed by atoms with Crippen LogP contribution in [0.3, 0.4) is 0 Å². The molecule has 70 valence electrons. The smallest absolute Gasteiger partial charge is 0.159 e. The first kappa shape index (κ1) is 8.56. The van der Waals surface area contributed by atoms with E-state index in [2.05, 4.69) is 15.3 Å². The Bertz CT molecular complexity index is 267. The molecule has 0 amide bonds. The fraction of sp³-hybridized carbons (Fsp3) is 0.556. The summed E-state index contributed by atoms with van der Waals surface area (Å²) in [6, 6.07) is 0.217. The maximum atomic E-state index is 12.5. The molecule has 0 radical (unpaired) electrons. The van der Waals surface area contributed by atoms with Crippen molar-refractivity contribution in [1.82, 2.24) is 15.3 Å². The molecule has 3 nitrogen and oxygen atoms in total. The van der Waals surface area contributed by atoms with Gasteiger partial charge in [-0.2, -0.15) is 0 Å². The van der Waals surface area contributed by atoms with Crippen molar-refractivity contribution >= 4 is 0 Å². The Morgan fingerprint density at radius 3 is 2.69 bits per heavy atom. The molecule has 4 heteroatoms. The van der Waals surface area contributed by atoms with Gasteiger partial charge in [-0.1, -0.05) is 6.42 Å². The third kappa shape index (κ3) is 2.01. The lowest BCUT2D eigenvalue weighted by Crippen LogP contribution is -2.28. The molecule has 1 atom stereocenters. The van der Waals surface area contributed by atoms with Gasteiger partial charge < -0.3 is 5.32 Å². The highest BCUT2D eigenvalue weighted by Gasteiger charge is 2.16. The Kier molecular flexibility index (Phi) is 2.49. The molecule has 0 aromatic carbocycles. The van der Waals surface area contributed by atoms with Gasteiger partial charge in [-0.3, -0.25) is 0 Å². The van der Waals surface area contributed by atoms with E-state index >= 15 is 0 Å². The molecule has 1 saturated heterocycles. The van der Waals surface area contributed by atoms with E-state index in [9.17, 15) is 4.39 Å². The van der Waals surface area contributed by atoms with Gasteiger partial charge in [0.1, 0.15) is 5.82 Å². The van der Waals surface area contributed by atoms with Crippen molar-refractivity contribution in [2.24, 2.45) is 0 Å². The minimum atomic E-state index is -0.375. The van der Waals surface area contributed by atoms with Gasteiger partial charge in [0, 0.05) is 0 Å². The molecule has 1 unspecified atom stereocenters. The first-order valence-corrected chi connectivity index (χ1v) is 4.57. The minimum Gasteiger partial charge on any atom is -0.307 e. The van der Waals surface area contributed by atoms with Crippen molar-refractivity contribution in [3.8, 4) is 0 Å². The van der Waals surface area contributed by atoms with Gasteiger partial charge in [0.05, 0.1) is 18.4 Å². The second-order valence-corrected chi connectivity index (χ2v) is 3.26. The summed E-state index contributed by atoms with van der Waals surface area (Å²) in [7, 11) is 0. The molecule has 0 spiro atoms. The highest BCUT2D eigenvalue weighted by Crippen LogP contribution is 2.18. The van der Waals surface area contributed by atoms with Crippen molar-refractivity contribution in [2.45, 2.75) is 25.3 Å². The SMILES string of the molecule is Fc1cnc(C2CCCCN2)nc1. The number of hydrogen-bond acceptors (Lipinski definition) is 3. The first-order chi connectivity index (χ1) is 6.36. The zero-order valence-electron chi connectivity index (χ0n) is 7.33. The second kappa shape index (κ2) is 3.79. The summed E-state index contributed by atoms with van der Waals surface area (Å²) >= 11 is 0. The first-order valence-electron chi connectivity index (χ1n) is 4.57. The van der Waals surface area contributed by atoms with Gasteiger partial charge in [0.15, 0.2) is 5.82 Å². The molecule has 2 heterocycles. The van der Waals surface area contributed by atoms with Crippen LogP contribution in [-0.2, 0) is 0 Å². The largest absolute Gasteiger partial charge is 0.307 e. The molecular weight excluding hydrogens is 169 g/mol. The van der Waals surface area contributed by atoms with Crippen molar-refractivity contribution in [3.05, 3.63) is 24.0 Å². The van der Waals surface area contributed by atoms with Crippen molar-refractivity contribution < 1.29 is 4.39 Å². The lowest BCUT2D eigenvalue weighted by Gasteiger charge is -2.21. The predicted molar refractivity (Wildman–Crippen MR) is 46.6 cm³/mol. The van der Waals surface area contributed by atoms with Gasteiger partial charge in [-0.15, -0.1) is 0 Å². The lowest BCUT2D eigenvalue weighted by molar-refractivity contribution is 0.395. The summed E-state index contributed by atoms with van der Waals surface area (Å²) in [6.45, 7) is 1.01. The molecule has 0 saturated carbocycles. The lowest BCUT2D eigenvalue weighted by atomic mass is 10.0. The predicted octanol–water partition coefficient (Wildman–Crippen LogP) is 1.43. The Labute approximate surface area is 76.4 Å². The molecule has 0 bridgehead atoms. The van der Waals surface area contributed by atoms with Crippen LogP contribution in [0.4, 0.5) is 4.39 Å². The van der Waals surface area contributed by atoms with E-state index in [1.807, 2.05) is 0 Å². The number of nitrogens with zero attached hydrogens (tertiary/aromatic N) is 2. The average molecular weight is 181 g/mol. The molecule has 13 heavy (non-hydrogen) atoms. The Balaban J connectivity index is 2.10. The van der Waals surface area contributed by atoms with Gasteiger partial charge in [-0.05, 0) is 19.4 Å². The van der Waals surface area contributed by atoms with Crippen molar-refractivity contribution in [1.29, 1.82) is 0 Å². The van der Waals surface area contributed by atoms with Crippen LogP contribution in [0, 0.1) is 5.82 Å². The monoisotopic (exact) mass is 181 g/mol. The highest BCUT2D eigenvalue weighted by atomic mass is 19.1. The van der Waals surface area contributed by atoms with E-state index in [0.717, 1.165) is 13.0 Å². The second-order valence-electron chi connectivity index (χ2n) is 3.26. The van der Waals surface area contributed by atoms with Crippen LogP contribution in [0.25, 0.3) is 0 Å². The van der Waals surface area contributed by atoms with E-state index in [1.165, 1.54) is 25.2 Å². The molecule has 1 aromatic rings. The number of halogens is 1. The fourth-order valence-electron chi connectivity index (χ4n) is 1.57. The summed E-state index contributed by atoms with van der Waals surface area (Å²) < 4.78 is 12.5. The van der Waals surface area contributed by atoms with Crippen LogP contribution < -0.4 is 5.32 Å². The summed E-state index contributed by atoms with van der Waals surface area (Å²) in [5.41, 5.74) is 0. The van der Waals surface area contributed by atoms with Crippen LogP contribution in [0.5, 0.6) is 0 Å². The van der Waals surface area contributed by atoms with Crippen LogP contribution in [0.1, 0.15) is 31.1 Å². The van der Waals surface area contributed by atoms with Crippen molar-refractivity contribution in [3.63, 3.8) is 0 Å². The maximum absolute atomic E-state index is 12.5. The van der Waals surface area contributed by atoms with Gasteiger partial charge in [0.2, 0.25) is 0 Å². The van der Waals surface area contributed by atoms with E-state index in [-0.39, 0.29) is 11.9 Å². The quantitative estimate of drug-likeness (QED) is 0.712. The summed E-state index contributed by atoms with van der Waals surface area (Å²) in [5.74, 6) is 0.334. The summed E-state index contributed by atoms with van der Waals surface area (Å²) in [4.78, 5) is 7.91. The topological polar surface area (TPSA) is 37.8 Å². The van der Waals surface area contributed by atoms with E-state index in [1.54, 1.807) is 0 Å². The molecule has 1 N–H and O–H groups in total. The molecule has 1 fully saturated rings.